The Morgan fingerprint density at radius 2 is 1.73 bits per heavy atom. The van der Waals surface area contributed by atoms with Crippen molar-refractivity contribution in [2.45, 2.75) is 24.8 Å². The second kappa shape index (κ2) is 5.60. The summed E-state index contributed by atoms with van der Waals surface area (Å²) in [5.74, 6) is -0.0585. The van der Waals surface area contributed by atoms with E-state index in [1.165, 1.54) is 6.07 Å². The third-order valence-electron chi connectivity index (χ3n) is 4.14. The van der Waals surface area contributed by atoms with Gasteiger partial charge in [-0.15, -0.1) is 0 Å². The lowest BCUT2D eigenvalue weighted by atomic mass is 9.95. The van der Waals surface area contributed by atoms with Crippen molar-refractivity contribution in [3.8, 4) is 0 Å². The lowest BCUT2D eigenvalue weighted by molar-refractivity contribution is -0.385. The minimum Gasteiger partial charge on any atom is -0.351 e. The molecular weight excluding hydrogens is 280 g/mol. The van der Waals surface area contributed by atoms with Crippen molar-refractivity contribution in [3.05, 3.63) is 75.8 Å². The summed E-state index contributed by atoms with van der Waals surface area (Å²) >= 11 is 0. The molecule has 1 aliphatic rings. The van der Waals surface area contributed by atoms with Crippen molar-refractivity contribution < 1.29 is 9.72 Å². The third kappa shape index (κ3) is 2.57. The average molecular weight is 296 g/mol. The van der Waals surface area contributed by atoms with E-state index in [4.69, 9.17) is 0 Å². The standard InChI is InChI=1S/C17H16N2O3/c20-16(17(10-11-17)14-7-2-1-3-8-14)18-12-13-6-4-5-9-15(13)19(21)22/h1-9H,10-12H2,(H,18,20). The van der Waals surface area contributed by atoms with Gasteiger partial charge in [-0.3, -0.25) is 14.9 Å². The molecule has 2 aromatic carbocycles. The molecule has 0 aliphatic heterocycles. The van der Waals surface area contributed by atoms with Gasteiger partial charge in [-0.25, -0.2) is 0 Å². The van der Waals surface area contributed by atoms with E-state index in [0.29, 0.717) is 5.56 Å². The Hall–Kier alpha value is -2.69. The summed E-state index contributed by atoms with van der Waals surface area (Å²) in [4.78, 5) is 23.1. The largest absolute Gasteiger partial charge is 0.351 e. The number of para-hydroxylation sites is 1. The molecule has 0 unspecified atom stereocenters. The summed E-state index contributed by atoms with van der Waals surface area (Å²) in [6.45, 7) is 0.171. The summed E-state index contributed by atoms with van der Waals surface area (Å²) in [5.41, 5.74) is 1.11. The molecule has 0 atom stereocenters. The quantitative estimate of drug-likeness (QED) is 0.681. The molecule has 1 fully saturated rings. The number of rotatable bonds is 5. The van der Waals surface area contributed by atoms with Gasteiger partial charge in [0.15, 0.2) is 0 Å². The molecule has 1 aliphatic carbocycles. The van der Waals surface area contributed by atoms with Crippen molar-refractivity contribution >= 4 is 11.6 Å². The van der Waals surface area contributed by atoms with E-state index in [1.807, 2.05) is 30.3 Å². The van der Waals surface area contributed by atoms with Crippen LogP contribution >= 0.6 is 0 Å². The van der Waals surface area contributed by atoms with Crippen LogP contribution in [0.3, 0.4) is 0 Å². The van der Waals surface area contributed by atoms with Gasteiger partial charge in [-0.05, 0) is 18.4 Å². The Balaban J connectivity index is 1.73. The van der Waals surface area contributed by atoms with Crippen LogP contribution in [-0.4, -0.2) is 10.8 Å². The molecule has 0 spiro atoms. The van der Waals surface area contributed by atoms with Crippen LogP contribution in [0.25, 0.3) is 0 Å². The maximum absolute atomic E-state index is 12.5. The predicted octanol–water partition coefficient (Wildman–Crippen LogP) is 2.94. The normalized spacial score (nSPS) is 15.1. The Labute approximate surface area is 128 Å². The number of nitrogens with one attached hydrogen (secondary N) is 1. The number of amides is 1. The summed E-state index contributed by atoms with van der Waals surface area (Å²) in [5, 5.41) is 13.8. The molecule has 22 heavy (non-hydrogen) atoms. The molecule has 1 amide bonds. The SMILES string of the molecule is O=C(NCc1ccccc1[N+](=O)[O-])C1(c2ccccc2)CC1. The molecule has 0 saturated heterocycles. The first-order valence-electron chi connectivity index (χ1n) is 7.20. The van der Waals surface area contributed by atoms with E-state index in [1.54, 1.807) is 18.2 Å². The molecule has 1 saturated carbocycles. The molecule has 2 aromatic rings. The molecule has 0 radical (unpaired) electrons. The van der Waals surface area contributed by atoms with E-state index >= 15 is 0 Å². The van der Waals surface area contributed by atoms with Crippen molar-refractivity contribution in [3.63, 3.8) is 0 Å². The number of carbonyl (C=O) groups is 1. The van der Waals surface area contributed by atoms with E-state index in [0.717, 1.165) is 18.4 Å². The van der Waals surface area contributed by atoms with Gasteiger partial charge < -0.3 is 5.32 Å². The molecule has 5 nitrogen and oxygen atoms in total. The average Bonchev–Trinajstić information content (AvgIpc) is 3.35. The first-order valence-corrected chi connectivity index (χ1v) is 7.20. The van der Waals surface area contributed by atoms with Gasteiger partial charge in [0.2, 0.25) is 5.91 Å². The van der Waals surface area contributed by atoms with Crippen molar-refractivity contribution in [2.24, 2.45) is 0 Å². The number of hydrogen-bond acceptors (Lipinski definition) is 3. The fourth-order valence-corrected chi connectivity index (χ4v) is 2.71. The Morgan fingerprint density at radius 1 is 1.09 bits per heavy atom. The Morgan fingerprint density at radius 3 is 2.36 bits per heavy atom. The van der Waals surface area contributed by atoms with Crippen molar-refractivity contribution in [1.82, 2.24) is 5.32 Å². The second-order valence-electron chi connectivity index (χ2n) is 5.52. The fraction of sp³-hybridized carbons (Fsp3) is 0.235. The smallest absolute Gasteiger partial charge is 0.274 e. The predicted molar refractivity (Wildman–Crippen MR) is 82.3 cm³/mol. The van der Waals surface area contributed by atoms with E-state index in [2.05, 4.69) is 5.32 Å². The number of carbonyl (C=O) groups excluding carboxylic acids is 1. The second-order valence-corrected chi connectivity index (χ2v) is 5.52. The topological polar surface area (TPSA) is 72.2 Å². The molecule has 0 heterocycles. The summed E-state index contributed by atoms with van der Waals surface area (Å²) in [6.07, 6.45) is 1.64. The van der Waals surface area contributed by atoms with Crippen LogP contribution in [0.15, 0.2) is 54.6 Å². The maximum atomic E-state index is 12.5. The van der Waals surface area contributed by atoms with Crippen LogP contribution in [0.4, 0.5) is 5.69 Å². The number of nitrogens with zero attached hydrogens (tertiary/aromatic N) is 1. The first kappa shape index (κ1) is 14.3. The molecule has 3 rings (SSSR count). The molecule has 5 heteroatoms. The van der Waals surface area contributed by atoms with Crippen LogP contribution in [0.5, 0.6) is 0 Å². The third-order valence-corrected chi connectivity index (χ3v) is 4.14. The number of nitro groups is 1. The summed E-state index contributed by atoms with van der Waals surface area (Å²) in [7, 11) is 0. The van der Waals surface area contributed by atoms with E-state index in [-0.39, 0.29) is 18.1 Å². The number of nitro benzene ring substituents is 1. The highest BCUT2D eigenvalue weighted by Gasteiger charge is 2.50. The number of hydrogen-bond donors (Lipinski definition) is 1. The van der Waals surface area contributed by atoms with Gasteiger partial charge in [0, 0.05) is 18.2 Å². The molecule has 112 valence electrons. The van der Waals surface area contributed by atoms with Crippen LogP contribution in [0, 0.1) is 10.1 Å². The van der Waals surface area contributed by atoms with Gasteiger partial charge >= 0.3 is 0 Å². The zero-order valence-corrected chi connectivity index (χ0v) is 12.0. The summed E-state index contributed by atoms with van der Waals surface area (Å²) in [6, 6.07) is 16.1. The van der Waals surface area contributed by atoms with Crippen LogP contribution < -0.4 is 5.32 Å². The van der Waals surface area contributed by atoms with Gasteiger partial charge in [0.05, 0.1) is 10.3 Å². The Bertz CT molecular complexity index is 709. The lowest BCUT2D eigenvalue weighted by Gasteiger charge is -2.15. The highest BCUT2D eigenvalue weighted by Crippen LogP contribution is 2.48. The zero-order valence-electron chi connectivity index (χ0n) is 12.0. The number of benzene rings is 2. The van der Waals surface area contributed by atoms with Gasteiger partial charge in [-0.2, -0.15) is 0 Å². The molecule has 1 N–H and O–H groups in total. The zero-order chi connectivity index (χ0) is 15.6. The van der Waals surface area contributed by atoms with Crippen LogP contribution in [0.1, 0.15) is 24.0 Å². The minimum atomic E-state index is -0.454. The lowest BCUT2D eigenvalue weighted by Crippen LogP contribution is -2.34. The highest BCUT2D eigenvalue weighted by molar-refractivity contribution is 5.91. The van der Waals surface area contributed by atoms with Gasteiger partial charge in [0.25, 0.3) is 5.69 Å². The molecule has 0 bridgehead atoms. The fourth-order valence-electron chi connectivity index (χ4n) is 2.71. The van der Waals surface area contributed by atoms with Crippen LogP contribution in [-0.2, 0) is 16.8 Å². The van der Waals surface area contributed by atoms with E-state index < -0.39 is 10.3 Å². The van der Waals surface area contributed by atoms with Gasteiger partial charge in [-0.1, -0.05) is 48.5 Å². The maximum Gasteiger partial charge on any atom is 0.274 e. The van der Waals surface area contributed by atoms with Crippen molar-refractivity contribution in [1.29, 1.82) is 0 Å². The monoisotopic (exact) mass is 296 g/mol. The van der Waals surface area contributed by atoms with E-state index in [9.17, 15) is 14.9 Å². The highest BCUT2D eigenvalue weighted by atomic mass is 16.6. The molecular formula is C17H16N2O3. The summed E-state index contributed by atoms with van der Waals surface area (Å²) < 4.78 is 0. The van der Waals surface area contributed by atoms with Crippen LogP contribution in [0.2, 0.25) is 0 Å². The Kier molecular flexibility index (Phi) is 3.63. The first-order chi connectivity index (χ1) is 10.6. The molecule has 0 aromatic heterocycles. The minimum absolute atomic E-state index is 0.0346. The van der Waals surface area contributed by atoms with Gasteiger partial charge in [0.1, 0.15) is 0 Å². The van der Waals surface area contributed by atoms with Crippen molar-refractivity contribution in [2.75, 3.05) is 0 Å².